The van der Waals surface area contributed by atoms with Crippen molar-refractivity contribution in [3.05, 3.63) is 107 Å². The molecule has 3 aromatic carbocycles. The van der Waals surface area contributed by atoms with Crippen LogP contribution in [0.4, 0.5) is 10.1 Å². The van der Waals surface area contributed by atoms with Crippen LogP contribution in [0.25, 0.3) is 5.69 Å². The Morgan fingerprint density at radius 2 is 1.80 bits per heavy atom. The molecule has 0 aliphatic heterocycles. The Bertz CT molecular complexity index is 1460. The smallest absolute Gasteiger partial charge is 0.264 e. The second-order valence-electron chi connectivity index (χ2n) is 7.67. The molecule has 180 valence electrons. The molecule has 0 aliphatic carbocycles. The van der Waals surface area contributed by atoms with Gasteiger partial charge in [-0.05, 0) is 48.9 Å². The predicted molar refractivity (Wildman–Crippen MR) is 133 cm³/mol. The maximum absolute atomic E-state index is 13.7. The van der Waals surface area contributed by atoms with Crippen LogP contribution in [0.1, 0.15) is 11.4 Å². The first-order chi connectivity index (χ1) is 16.8. The number of imidazole rings is 1. The first-order valence-corrected chi connectivity index (χ1v) is 12.5. The molecule has 4 aromatic rings. The normalized spacial score (nSPS) is 11.3. The van der Waals surface area contributed by atoms with E-state index < -0.39 is 28.3 Å². The fraction of sp³-hybridized carbons (Fsp3) is 0.120. The Balaban J connectivity index is 1.59. The molecule has 1 heterocycles. The van der Waals surface area contributed by atoms with Gasteiger partial charge in [-0.1, -0.05) is 48.0 Å². The number of sulfonamides is 1. The van der Waals surface area contributed by atoms with E-state index in [9.17, 15) is 17.6 Å². The van der Waals surface area contributed by atoms with Gasteiger partial charge in [0.2, 0.25) is 5.91 Å². The Morgan fingerprint density at radius 1 is 1.09 bits per heavy atom. The minimum Gasteiger partial charge on any atom is -0.350 e. The van der Waals surface area contributed by atoms with Crippen LogP contribution in [0, 0.1) is 12.7 Å². The van der Waals surface area contributed by atoms with Crippen LogP contribution in [0.3, 0.4) is 0 Å². The van der Waals surface area contributed by atoms with Gasteiger partial charge in [0, 0.05) is 18.9 Å². The van der Waals surface area contributed by atoms with Gasteiger partial charge in [0.1, 0.15) is 18.2 Å². The molecule has 1 amide bonds. The van der Waals surface area contributed by atoms with Crippen molar-refractivity contribution >= 4 is 33.2 Å². The molecule has 1 N–H and O–H groups in total. The van der Waals surface area contributed by atoms with Crippen LogP contribution >= 0.6 is 11.6 Å². The summed E-state index contributed by atoms with van der Waals surface area (Å²) in [6, 6.07) is 18.7. The zero-order chi connectivity index (χ0) is 25.0. The van der Waals surface area contributed by atoms with E-state index in [2.05, 4.69) is 10.3 Å². The molecular weight excluding hydrogens is 491 g/mol. The maximum Gasteiger partial charge on any atom is 0.264 e. The van der Waals surface area contributed by atoms with Gasteiger partial charge in [0.05, 0.1) is 21.3 Å². The fourth-order valence-corrected chi connectivity index (χ4v) is 5.19. The maximum atomic E-state index is 13.7. The summed E-state index contributed by atoms with van der Waals surface area (Å²) in [5.41, 5.74) is 1.75. The molecule has 10 heteroatoms. The Morgan fingerprint density at radius 3 is 2.49 bits per heavy atom. The lowest BCUT2D eigenvalue weighted by molar-refractivity contribution is -0.119. The fourth-order valence-electron chi connectivity index (χ4n) is 3.58. The quantitative estimate of drug-likeness (QED) is 0.377. The Hall–Kier alpha value is -3.69. The number of nitrogens with zero attached hydrogens (tertiary/aromatic N) is 3. The molecule has 0 atom stereocenters. The minimum atomic E-state index is -4.13. The van der Waals surface area contributed by atoms with E-state index in [1.807, 2.05) is 42.0 Å². The van der Waals surface area contributed by atoms with Crippen LogP contribution in [-0.4, -0.2) is 30.4 Å². The Kier molecular flexibility index (Phi) is 7.18. The number of aryl methyl sites for hydroxylation is 1. The van der Waals surface area contributed by atoms with Crippen molar-refractivity contribution in [2.45, 2.75) is 18.4 Å². The molecule has 0 unspecified atom stereocenters. The number of amides is 1. The molecule has 1 aromatic heterocycles. The van der Waals surface area contributed by atoms with Crippen molar-refractivity contribution in [2.75, 3.05) is 10.8 Å². The number of carbonyl (C=O) groups excluding carboxylic acids is 1. The van der Waals surface area contributed by atoms with E-state index in [-0.39, 0.29) is 22.2 Å². The van der Waals surface area contributed by atoms with Crippen LogP contribution in [0.15, 0.2) is 90.1 Å². The minimum absolute atomic E-state index is 0.00539. The van der Waals surface area contributed by atoms with Crippen molar-refractivity contribution in [3.8, 4) is 5.69 Å². The second-order valence-corrected chi connectivity index (χ2v) is 9.94. The van der Waals surface area contributed by atoms with E-state index in [1.54, 1.807) is 24.4 Å². The summed E-state index contributed by atoms with van der Waals surface area (Å²) >= 11 is 5.91. The summed E-state index contributed by atoms with van der Waals surface area (Å²) < 4.78 is 43.3. The molecule has 0 saturated heterocycles. The number of nitrogens with one attached hydrogen (secondary N) is 1. The lowest BCUT2D eigenvalue weighted by Crippen LogP contribution is -2.40. The monoisotopic (exact) mass is 512 g/mol. The lowest BCUT2D eigenvalue weighted by Gasteiger charge is -2.24. The summed E-state index contributed by atoms with van der Waals surface area (Å²) in [6.45, 7) is 1.51. The van der Waals surface area contributed by atoms with Crippen molar-refractivity contribution in [3.63, 3.8) is 0 Å². The number of benzene rings is 3. The van der Waals surface area contributed by atoms with Gasteiger partial charge in [-0.3, -0.25) is 9.10 Å². The van der Waals surface area contributed by atoms with E-state index in [1.165, 1.54) is 24.3 Å². The number of halogens is 2. The van der Waals surface area contributed by atoms with Gasteiger partial charge in [-0.15, -0.1) is 0 Å². The molecule has 35 heavy (non-hydrogen) atoms. The van der Waals surface area contributed by atoms with Crippen molar-refractivity contribution in [2.24, 2.45) is 0 Å². The number of anilines is 1. The largest absolute Gasteiger partial charge is 0.350 e. The van der Waals surface area contributed by atoms with Crippen LogP contribution in [-0.2, 0) is 21.4 Å². The van der Waals surface area contributed by atoms with Gasteiger partial charge < -0.3 is 9.88 Å². The molecule has 0 aliphatic rings. The SMILES string of the molecule is Cc1nccn1-c1ccccc1CNC(=O)CN(c1ccc(F)c(Cl)c1)S(=O)(=O)c1ccccc1. The molecule has 0 saturated carbocycles. The summed E-state index contributed by atoms with van der Waals surface area (Å²) in [4.78, 5) is 17.2. The number of rotatable bonds is 8. The van der Waals surface area contributed by atoms with E-state index in [4.69, 9.17) is 11.6 Å². The van der Waals surface area contributed by atoms with Crippen LogP contribution < -0.4 is 9.62 Å². The number of aromatic nitrogens is 2. The lowest BCUT2D eigenvalue weighted by atomic mass is 10.1. The molecule has 0 fully saturated rings. The van der Waals surface area contributed by atoms with Gasteiger partial charge in [-0.2, -0.15) is 0 Å². The van der Waals surface area contributed by atoms with E-state index in [0.717, 1.165) is 27.4 Å². The van der Waals surface area contributed by atoms with Crippen LogP contribution in [0.5, 0.6) is 0 Å². The number of hydrogen-bond acceptors (Lipinski definition) is 4. The highest BCUT2D eigenvalue weighted by Crippen LogP contribution is 2.27. The summed E-state index contributed by atoms with van der Waals surface area (Å²) in [5, 5.41) is 2.54. The first-order valence-electron chi connectivity index (χ1n) is 10.6. The van der Waals surface area contributed by atoms with Gasteiger partial charge in [0.15, 0.2) is 0 Å². The molecule has 0 spiro atoms. The molecule has 7 nitrogen and oxygen atoms in total. The third-order valence-electron chi connectivity index (χ3n) is 5.36. The highest BCUT2D eigenvalue weighted by molar-refractivity contribution is 7.92. The van der Waals surface area contributed by atoms with Gasteiger partial charge in [-0.25, -0.2) is 17.8 Å². The third kappa shape index (κ3) is 5.36. The standard InChI is InChI=1S/C25H22ClFN4O3S/c1-18-28-13-14-30(18)24-10-6-5-7-19(24)16-29-25(32)17-31(20-11-12-23(27)22(26)15-20)35(33,34)21-8-3-2-4-9-21/h2-15H,16-17H2,1H3,(H,29,32). The van der Waals surface area contributed by atoms with Crippen molar-refractivity contribution in [1.29, 1.82) is 0 Å². The van der Waals surface area contributed by atoms with Crippen molar-refractivity contribution in [1.82, 2.24) is 14.9 Å². The Labute approximate surface area is 207 Å². The highest BCUT2D eigenvalue weighted by Gasteiger charge is 2.27. The molecular formula is C25H22ClFN4O3S. The molecule has 4 rings (SSSR count). The van der Waals surface area contributed by atoms with Crippen molar-refractivity contribution < 1.29 is 17.6 Å². The number of para-hydroxylation sites is 1. The molecule has 0 bridgehead atoms. The zero-order valence-electron chi connectivity index (χ0n) is 18.7. The predicted octanol–water partition coefficient (Wildman–Crippen LogP) is 4.48. The van der Waals surface area contributed by atoms with E-state index in [0.29, 0.717) is 0 Å². The van der Waals surface area contributed by atoms with E-state index >= 15 is 0 Å². The highest BCUT2D eigenvalue weighted by atomic mass is 35.5. The van der Waals surface area contributed by atoms with Crippen LogP contribution in [0.2, 0.25) is 5.02 Å². The average Bonchev–Trinajstić information content (AvgIpc) is 3.29. The summed E-state index contributed by atoms with van der Waals surface area (Å²) in [7, 11) is -4.13. The topological polar surface area (TPSA) is 84.3 Å². The first kappa shape index (κ1) is 24.4. The number of carbonyl (C=O) groups is 1. The number of hydrogen-bond donors (Lipinski definition) is 1. The third-order valence-corrected chi connectivity index (χ3v) is 7.44. The van der Waals surface area contributed by atoms with Gasteiger partial charge in [0.25, 0.3) is 10.0 Å². The zero-order valence-corrected chi connectivity index (χ0v) is 20.3. The van der Waals surface area contributed by atoms with Gasteiger partial charge >= 0.3 is 0 Å². The molecule has 0 radical (unpaired) electrons. The summed E-state index contributed by atoms with van der Waals surface area (Å²) in [5.74, 6) is -0.442. The summed E-state index contributed by atoms with van der Waals surface area (Å²) in [6.07, 6.45) is 3.51. The second kappa shape index (κ2) is 10.3. The average molecular weight is 513 g/mol.